The second-order valence-corrected chi connectivity index (χ2v) is 4.29. The highest BCUT2D eigenvalue weighted by Crippen LogP contribution is 2.17. The number of rotatable bonds is 3. The minimum absolute atomic E-state index is 0.0123. The molecular weight excluding hydrogens is 226 g/mol. The molecule has 0 spiro atoms. The summed E-state index contributed by atoms with van der Waals surface area (Å²) in [6.07, 6.45) is 0.824. The summed E-state index contributed by atoms with van der Waals surface area (Å²) in [5, 5.41) is 11.5. The van der Waals surface area contributed by atoms with E-state index >= 15 is 0 Å². The molecule has 0 saturated heterocycles. The Labute approximate surface area is 108 Å². The lowest BCUT2D eigenvalue weighted by Gasteiger charge is -2.12. The lowest BCUT2D eigenvalue weighted by atomic mass is 10.1. The van der Waals surface area contributed by atoms with Crippen LogP contribution in [0.1, 0.15) is 31.4 Å². The molecule has 2 N–H and O–H groups in total. The van der Waals surface area contributed by atoms with Gasteiger partial charge in [-0.25, -0.2) is 0 Å². The number of aliphatic hydroxyl groups excluding tert-OH is 1. The third-order valence-electron chi connectivity index (χ3n) is 2.86. The first-order chi connectivity index (χ1) is 8.58. The Morgan fingerprint density at radius 2 is 2.22 bits per heavy atom. The Morgan fingerprint density at radius 3 is 2.78 bits per heavy atom. The Hall–Kier alpha value is -1.79. The summed E-state index contributed by atoms with van der Waals surface area (Å²) in [5.74, 6) is 5.48. The summed E-state index contributed by atoms with van der Waals surface area (Å²) in [4.78, 5) is 11.8. The highest BCUT2D eigenvalue weighted by molar-refractivity contribution is 5.93. The van der Waals surface area contributed by atoms with Crippen LogP contribution >= 0.6 is 0 Å². The molecule has 0 heterocycles. The van der Waals surface area contributed by atoms with Gasteiger partial charge in [0.15, 0.2) is 0 Å². The molecule has 1 unspecified atom stereocenters. The van der Waals surface area contributed by atoms with E-state index in [-0.39, 0.29) is 18.4 Å². The minimum Gasteiger partial charge on any atom is -0.384 e. The number of aliphatic hydroxyl groups is 1. The van der Waals surface area contributed by atoms with Gasteiger partial charge in [-0.3, -0.25) is 4.79 Å². The molecule has 1 rings (SSSR count). The van der Waals surface area contributed by atoms with Crippen molar-refractivity contribution in [3.8, 4) is 11.8 Å². The summed E-state index contributed by atoms with van der Waals surface area (Å²) in [6.45, 7) is 5.68. The van der Waals surface area contributed by atoms with Gasteiger partial charge in [0.05, 0.1) is 0 Å². The lowest BCUT2D eigenvalue weighted by molar-refractivity contribution is -0.119. The van der Waals surface area contributed by atoms with E-state index in [9.17, 15) is 4.79 Å². The molecule has 96 valence electrons. The molecule has 0 bridgehead atoms. The van der Waals surface area contributed by atoms with Gasteiger partial charge in [0, 0.05) is 17.2 Å². The standard InChI is InChI=1S/C15H19NO2/c1-4-11(2)15(18)16-14-8-7-13(6-5-9-17)10-12(14)3/h7-8,10-11,17H,4,9H2,1-3H3,(H,16,18). The van der Waals surface area contributed by atoms with Crippen molar-refractivity contribution in [2.45, 2.75) is 27.2 Å². The van der Waals surface area contributed by atoms with Crippen molar-refractivity contribution < 1.29 is 9.90 Å². The molecule has 18 heavy (non-hydrogen) atoms. The molecular formula is C15H19NO2. The Morgan fingerprint density at radius 1 is 1.50 bits per heavy atom. The van der Waals surface area contributed by atoms with Crippen molar-refractivity contribution in [1.29, 1.82) is 0 Å². The van der Waals surface area contributed by atoms with Crippen molar-refractivity contribution >= 4 is 11.6 Å². The maximum atomic E-state index is 11.8. The third kappa shape index (κ3) is 3.90. The predicted molar refractivity (Wildman–Crippen MR) is 73.2 cm³/mol. The van der Waals surface area contributed by atoms with Gasteiger partial charge in [-0.05, 0) is 37.1 Å². The van der Waals surface area contributed by atoms with E-state index in [1.807, 2.05) is 39.0 Å². The average Bonchev–Trinajstić information content (AvgIpc) is 2.38. The topological polar surface area (TPSA) is 49.3 Å². The van der Waals surface area contributed by atoms with E-state index in [4.69, 9.17) is 5.11 Å². The van der Waals surface area contributed by atoms with Crippen LogP contribution in [-0.4, -0.2) is 17.6 Å². The SMILES string of the molecule is CCC(C)C(=O)Nc1ccc(C#CCO)cc1C. The van der Waals surface area contributed by atoms with Gasteiger partial charge in [0.2, 0.25) is 5.91 Å². The van der Waals surface area contributed by atoms with Crippen LogP contribution < -0.4 is 5.32 Å². The number of hydrogen-bond donors (Lipinski definition) is 2. The maximum absolute atomic E-state index is 11.8. The Kier molecular flexibility index (Phi) is 5.41. The van der Waals surface area contributed by atoms with E-state index < -0.39 is 0 Å². The van der Waals surface area contributed by atoms with Crippen LogP contribution in [-0.2, 0) is 4.79 Å². The van der Waals surface area contributed by atoms with Gasteiger partial charge < -0.3 is 10.4 Å². The number of hydrogen-bond acceptors (Lipinski definition) is 2. The molecule has 1 atom stereocenters. The van der Waals surface area contributed by atoms with Gasteiger partial charge in [0.1, 0.15) is 6.61 Å². The Balaban J connectivity index is 2.83. The predicted octanol–water partition coefficient (Wildman–Crippen LogP) is 2.32. The lowest BCUT2D eigenvalue weighted by Crippen LogP contribution is -2.20. The zero-order valence-corrected chi connectivity index (χ0v) is 11.1. The number of benzene rings is 1. The third-order valence-corrected chi connectivity index (χ3v) is 2.86. The normalized spacial score (nSPS) is 11.3. The molecule has 0 aromatic heterocycles. The van der Waals surface area contributed by atoms with Crippen molar-refractivity contribution in [3.05, 3.63) is 29.3 Å². The van der Waals surface area contributed by atoms with Crippen LogP contribution in [0.4, 0.5) is 5.69 Å². The molecule has 0 aliphatic heterocycles. The highest BCUT2D eigenvalue weighted by atomic mass is 16.2. The van der Waals surface area contributed by atoms with E-state index in [0.29, 0.717) is 0 Å². The second-order valence-electron chi connectivity index (χ2n) is 4.29. The Bertz CT molecular complexity index is 483. The molecule has 0 aliphatic rings. The quantitative estimate of drug-likeness (QED) is 0.803. The minimum atomic E-state index is -0.147. The number of nitrogens with one attached hydrogen (secondary N) is 1. The molecule has 1 aromatic carbocycles. The van der Waals surface area contributed by atoms with Crippen LogP contribution in [0.3, 0.4) is 0 Å². The molecule has 1 aromatic rings. The fraction of sp³-hybridized carbons (Fsp3) is 0.400. The molecule has 1 amide bonds. The van der Waals surface area contributed by atoms with Crippen molar-refractivity contribution in [1.82, 2.24) is 0 Å². The first kappa shape index (κ1) is 14.3. The average molecular weight is 245 g/mol. The van der Waals surface area contributed by atoms with Crippen LogP contribution in [0, 0.1) is 24.7 Å². The first-order valence-electron chi connectivity index (χ1n) is 6.09. The second kappa shape index (κ2) is 6.83. The summed E-state index contributed by atoms with van der Waals surface area (Å²) in [5.41, 5.74) is 2.62. The molecule has 3 heteroatoms. The summed E-state index contributed by atoms with van der Waals surface area (Å²) < 4.78 is 0. The van der Waals surface area contributed by atoms with Crippen LogP contribution in [0.25, 0.3) is 0 Å². The first-order valence-corrected chi connectivity index (χ1v) is 6.09. The van der Waals surface area contributed by atoms with Crippen molar-refractivity contribution in [3.63, 3.8) is 0 Å². The monoisotopic (exact) mass is 245 g/mol. The number of amides is 1. The van der Waals surface area contributed by atoms with Crippen molar-refractivity contribution in [2.75, 3.05) is 11.9 Å². The van der Waals surface area contributed by atoms with E-state index in [0.717, 1.165) is 23.2 Å². The summed E-state index contributed by atoms with van der Waals surface area (Å²) in [6, 6.07) is 5.58. The zero-order chi connectivity index (χ0) is 13.5. The number of carbonyl (C=O) groups is 1. The van der Waals surface area contributed by atoms with E-state index in [1.165, 1.54) is 0 Å². The molecule has 0 radical (unpaired) electrons. The van der Waals surface area contributed by atoms with Gasteiger partial charge in [-0.15, -0.1) is 0 Å². The fourth-order valence-corrected chi connectivity index (χ4v) is 1.46. The largest absolute Gasteiger partial charge is 0.384 e. The molecule has 3 nitrogen and oxygen atoms in total. The number of carbonyl (C=O) groups excluding carboxylic acids is 1. The van der Waals surface area contributed by atoms with E-state index in [1.54, 1.807) is 0 Å². The van der Waals surface area contributed by atoms with Crippen molar-refractivity contribution in [2.24, 2.45) is 5.92 Å². The van der Waals surface area contributed by atoms with E-state index in [2.05, 4.69) is 17.2 Å². The molecule has 0 aliphatic carbocycles. The molecule has 0 fully saturated rings. The van der Waals surface area contributed by atoms with Crippen LogP contribution in [0.15, 0.2) is 18.2 Å². The highest BCUT2D eigenvalue weighted by Gasteiger charge is 2.11. The zero-order valence-electron chi connectivity index (χ0n) is 11.1. The summed E-state index contributed by atoms with van der Waals surface area (Å²) >= 11 is 0. The van der Waals surface area contributed by atoms with Crippen LogP contribution in [0.2, 0.25) is 0 Å². The van der Waals surface area contributed by atoms with Gasteiger partial charge in [-0.2, -0.15) is 0 Å². The smallest absolute Gasteiger partial charge is 0.227 e. The van der Waals surface area contributed by atoms with Gasteiger partial charge in [0.25, 0.3) is 0 Å². The number of anilines is 1. The van der Waals surface area contributed by atoms with Gasteiger partial charge in [-0.1, -0.05) is 25.7 Å². The van der Waals surface area contributed by atoms with Crippen LogP contribution in [0.5, 0.6) is 0 Å². The summed E-state index contributed by atoms with van der Waals surface area (Å²) in [7, 11) is 0. The fourth-order valence-electron chi connectivity index (χ4n) is 1.46. The maximum Gasteiger partial charge on any atom is 0.227 e. The van der Waals surface area contributed by atoms with Gasteiger partial charge >= 0.3 is 0 Å². The molecule has 0 saturated carbocycles. The number of aryl methyl sites for hydroxylation is 1.